The molecule has 0 amide bonds. The van der Waals surface area contributed by atoms with Crippen LogP contribution in [0, 0.1) is 0 Å². The van der Waals surface area contributed by atoms with Crippen molar-refractivity contribution in [2.45, 2.75) is 5.92 Å². The maximum atomic E-state index is 11.8. The summed E-state index contributed by atoms with van der Waals surface area (Å²) in [4.78, 5) is 11.8. The standard InChI is InChI=1S/C14H12Cl2O4/c1-18-14(17)11(12-5-6-13(16)20-12)8-19-10-4-2-3-9(15)7-10/h2-7,11H,8H2,1H3. The second-order valence-electron chi connectivity index (χ2n) is 3.99. The number of esters is 1. The van der Waals surface area contributed by atoms with Crippen LogP contribution in [-0.4, -0.2) is 19.7 Å². The van der Waals surface area contributed by atoms with Crippen molar-refractivity contribution in [1.29, 1.82) is 0 Å². The van der Waals surface area contributed by atoms with Crippen molar-refractivity contribution in [2.75, 3.05) is 13.7 Å². The van der Waals surface area contributed by atoms with Crippen LogP contribution in [0.4, 0.5) is 0 Å². The molecule has 0 aliphatic rings. The van der Waals surface area contributed by atoms with Crippen LogP contribution in [0.15, 0.2) is 40.8 Å². The molecule has 6 heteroatoms. The van der Waals surface area contributed by atoms with E-state index in [1.54, 1.807) is 36.4 Å². The number of ether oxygens (including phenoxy) is 2. The van der Waals surface area contributed by atoms with Gasteiger partial charge in [0.2, 0.25) is 0 Å². The molecular weight excluding hydrogens is 303 g/mol. The van der Waals surface area contributed by atoms with Gasteiger partial charge in [0.1, 0.15) is 24.0 Å². The number of carbonyl (C=O) groups is 1. The van der Waals surface area contributed by atoms with Crippen molar-refractivity contribution in [3.63, 3.8) is 0 Å². The molecule has 1 heterocycles. The molecule has 2 rings (SSSR count). The van der Waals surface area contributed by atoms with Crippen molar-refractivity contribution in [2.24, 2.45) is 0 Å². The van der Waals surface area contributed by atoms with Crippen LogP contribution < -0.4 is 4.74 Å². The van der Waals surface area contributed by atoms with E-state index in [1.165, 1.54) is 7.11 Å². The van der Waals surface area contributed by atoms with E-state index in [2.05, 4.69) is 0 Å². The van der Waals surface area contributed by atoms with Gasteiger partial charge < -0.3 is 13.9 Å². The molecule has 20 heavy (non-hydrogen) atoms. The maximum Gasteiger partial charge on any atom is 0.319 e. The molecule has 0 fully saturated rings. The number of hydrogen-bond donors (Lipinski definition) is 0. The van der Waals surface area contributed by atoms with E-state index >= 15 is 0 Å². The van der Waals surface area contributed by atoms with Gasteiger partial charge in [-0.15, -0.1) is 0 Å². The molecule has 1 atom stereocenters. The summed E-state index contributed by atoms with van der Waals surface area (Å²) >= 11 is 11.6. The molecule has 4 nitrogen and oxygen atoms in total. The number of furan rings is 1. The van der Waals surface area contributed by atoms with E-state index in [1.807, 2.05) is 0 Å². The lowest BCUT2D eigenvalue weighted by Gasteiger charge is -2.13. The average Bonchev–Trinajstić information content (AvgIpc) is 2.85. The van der Waals surface area contributed by atoms with Gasteiger partial charge in [-0.2, -0.15) is 0 Å². The quantitative estimate of drug-likeness (QED) is 0.785. The normalized spacial score (nSPS) is 11.9. The Kier molecular flexibility index (Phi) is 4.93. The predicted octanol–water partition coefficient (Wildman–Crippen LogP) is 3.92. The number of benzene rings is 1. The minimum Gasteiger partial charge on any atom is -0.492 e. The fraction of sp³-hybridized carbons (Fsp3) is 0.214. The molecule has 0 bridgehead atoms. The fourth-order valence-corrected chi connectivity index (χ4v) is 1.99. The van der Waals surface area contributed by atoms with Crippen molar-refractivity contribution < 1.29 is 18.7 Å². The second-order valence-corrected chi connectivity index (χ2v) is 4.79. The molecule has 1 aromatic carbocycles. The molecule has 0 aliphatic heterocycles. The molecular formula is C14H12Cl2O4. The predicted molar refractivity (Wildman–Crippen MR) is 75.4 cm³/mol. The summed E-state index contributed by atoms with van der Waals surface area (Å²) in [6.07, 6.45) is 0. The summed E-state index contributed by atoms with van der Waals surface area (Å²) < 4.78 is 15.5. The maximum absolute atomic E-state index is 11.8. The Morgan fingerprint density at radius 1 is 1.30 bits per heavy atom. The van der Waals surface area contributed by atoms with Gasteiger partial charge >= 0.3 is 5.97 Å². The smallest absolute Gasteiger partial charge is 0.319 e. The van der Waals surface area contributed by atoms with Gasteiger partial charge in [-0.1, -0.05) is 17.7 Å². The first-order valence-corrected chi connectivity index (χ1v) is 6.57. The number of halogens is 2. The Morgan fingerprint density at radius 3 is 2.70 bits per heavy atom. The van der Waals surface area contributed by atoms with E-state index in [0.717, 1.165) is 0 Å². The van der Waals surface area contributed by atoms with Gasteiger partial charge in [-0.05, 0) is 41.9 Å². The zero-order chi connectivity index (χ0) is 14.5. The van der Waals surface area contributed by atoms with Crippen molar-refractivity contribution >= 4 is 29.2 Å². The third-order valence-corrected chi connectivity index (χ3v) is 3.07. The van der Waals surface area contributed by atoms with Crippen LogP contribution in [0.5, 0.6) is 5.75 Å². The van der Waals surface area contributed by atoms with Gasteiger partial charge in [-0.3, -0.25) is 4.79 Å². The average molecular weight is 315 g/mol. The Morgan fingerprint density at radius 2 is 2.10 bits per heavy atom. The van der Waals surface area contributed by atoms with E-state index in [0.29, 0.717) is 16.5 Å². The van der Waals surface area contributed by atoms with Crippen LogP contribution in [0.25, 0.3) is 0 Å². The SMILES string of the molecule is COC(=O)C(COc1cccc(Cl)c1)c1ccc(Cl)o1. The van der Waals surface area contributed by atoms with E-state index in [9.17, 15) is 4.79 Å². The molecule has 0 spiro atoms. The van der Waals surface area contributed by atoms with E-state index in [-0.39, 0.29) is 11.8 Å². The first-order valence-electron chi connectivity index (χ1n) is 5.81. The third-order valence-electron chi connectivity index (χ3n) is 2.64. The Bertz CT molecular complexity index is 594. The molecule has 106 valence electrons. The number of methoxy groups -OCH3 is 1. The highest BCUT2D eigenvalue weighted by Crippen LogP contribution is 2.25. The Labute approximate surface area is 126 Å². The highest BCUT2D eigenvalue weighted by Gasteiger charge is 2.26. The fourth-order valence-electron chi connectivity index (χ4n) is 1.66. The van der Waals surface area contributed by atoms with Crippen molar-refractivity contribution in [3.8, 4) is 5.75 Å². The molecule has 0 saturated heterocycles. The summed E-state index contributed by atoms with van der Waals surface area (Å²) in [5, 5.41) is 0.759. The first-order chi connectivity index (χ1) is 9.60. The molecule has 0 aliphatic carbocycles. The van der Waals surface area contributed by atoms with Crippen LogP contribution in [0.3, 0.4) is 0 Å². The second kappa shape index (κ2) is 6.68. The van der Waals surface area contributed by atoms with Gasteiger partial charge in [0.15, 0.2) is 5.22 Å². The topological polar surface area (TPSA) is 48.7 Å². The molecule has 0 N–H and O–H groups in total. The van der Waals surface area contributed by atoms with Gasteiger partial charge in [0.05, 0.1) is 7.11 Å². The van der Waals surface area contributed by atoms with Crippen LogP contribution >= 0.6 is 23.2 Å². The number of carbonyl (C=O) groups excluding carboxylic acids is 1. The van der Waals surface area contributed by atoms with Crippen molar-refractivity contribution in [1.82, 2.24) is 0 Å². The number of hydrogen-bond acceptors (Lipinski definition) is 4. The lowest BCUT2D eigenvalue weighted by molar-refractivity contribution is -0.143. The first kappa shape index (κ1) is 14.8. The van der Waals surface area contributed by atoms with Gasteiger partial charge in [-0.25, -0.2) is 0 Å². The van der Waals surface area contributed by atoms with E-state index < -0.39 is 11.9 Å². The molecule has 1 aromatic heterocycles. The highest BCUT2D eigenvalue weighted by atomic mass is 35.5. The van der Waals surface area contributed by atoms with Crippen LogP contribution in [-0.2, 0) is 9.53 Å². The molecule has 0 radical (unpaired) electrons. The summed E-state index contributed by atoms with van der Waals surface area (Å²) in [5.74, 6) is -0.197. The third kappa shape index (κ3) is 3.68. The monoisotopic (exact) mass is 314 g/mol. The summed E-state index contributed by atoms with van der Waals surface area (Å²) in [5.41, 5.74) is 0. The zero-order valence-corrected chi connectivity index (χ0v) is 12.1. The molecule has 2 aromatic rings. The minimum absolute atomic E-state index is 0.0663. The Hall–Kier alpha value is -1.65. The highest BCUT2D eigenvalue weighted by molar-refractivity contribution is 6.30. The van der Waals surface area contributed by atoms with Crippen LogP contribution in [0.2, 0.25) is 10.2 Å². The summed E-state index contributed by atoms with van der Waals surface area (Å²) in [7, 11) is 1.30. The molecule has 0 saturated carbocycles. The van der Waals surface area contributed by atoms with E-state index in [4.69, 9.17) is 37.1 Å². The Balaban J connectivity index is 2.11. The largest absolute Gasteiger partial charge is 0.492 e. The van der Waals surface area contributed by atoms with Gasteiger partial charge in [0, 0.05) is 5.02 Å². The summed E-state index contributed by atoms with van der Waals surface area (Å²) in [6, 6.07) is 10.1. The van der Waals surface area contributed by atoms with Crippen molar-refractivity contribution in [3.05, 3.63) is 52.4 Å². The van der Waals surface area contributed by atoms with Crippen LogP contribution in [0.1, 0.15) is 11.7 Å². The molecule has 1 unspecified atom stereocenters. The lowest BCUT2D eigenvalue weighted by atomic mass is 10.1. The van der Waals surface area contributed by atoms with Gasteiger partial charge in [0.25, 0.3) is 0 Å². The zero-order valence-electron chi connectivity index (χ0n) is 10.6. The minimum atomic E-state index is -0.688. The number of rotatable bonds is 5. The summed E-state index contributed by atoms with van der Waals surface area (Å²) in [6.45, 7) is 0.0663. The lowest BCUT2D eigenvalue weighted by Crippen LogP contribution is -2.20.